The maximum Gasteiger partial charge on any atom is 0.251 e. The maximum atomic E-state index is 12.5. The minimum Gasteiger partial charge on any atom is -0.489 e. The first-order valence-corrected chi connectivity index (χ1v) is 9.21. The number of nitrogens with one attached hydrogen (secondary N) is 1. The van der Waals surface area contributed by atoms with Gasteiger partial charge in [0, 0.05) is 11.6 Å². The van der Waals surface area contributed by atoms with Crippen LogP contribution in [0.5, 0.6) is 5.75 Å². The number of hydrogen-bond donors (Lipinski definition) is 1. The van der Waals surface area contributed by atoms with Crippen LogP contribution in [0.4, 0.5) is 0 Å². The second kappa shape index (κ2) is 8.19. The Balaban J connectivity index is 1.57. The third-order valence-electron chi connectivity index (χ3n) is 5.21. The number of benzene rings is 2. The molecule has 25 heavy (non-hydrogen) atoms. The molecule has 3 heteroatoms. The van der Waals surface area contributed by atoms with Crippen LogP contribution >= 0.6 is 0 Å². The van der Waals surface area contributed by atoms with Gasteiger partial charge in [0.2, 0.25) is 0 Å². The van der Waals surface area contributed by atoms with Crippen LogP contribution in [0.15, 0.2) is 54.6 Å². The molecule has 0 aliphatic heterocycles. The van der Waals surface area contributed by atoms with Crippen LogP contribution < -0.4 is 10.1 Å². The average molecular weight is 337 g/mol. The quantitative estimate of drug-likeness (QED) is 0.849. The van der Waals surface area contributed by atoms with Crippen LogP contribution in [0.25, 0.3) is 0 Å². The summed E-state index contributed by atoms with van der Waals surface area (Å²) >= 11 is 0. The van der Waals surface area contributed by atoms with Crippen molar-refractivity contribution in [3.8, 4) is 5.75 Å². The fraction of sp³-hybridized carbons (Fsp3) is 0.409. The summed E-state index contributed by atoms with van der Waals surface area (Å²) in [7, 11) is 0. The lowest BCUT2D eigenvalue weighted by molar-refractivity contribution is 0.0880. The predicted molar refractivity (Wildman–Crippen MR) is 101 cm³/mol. The van der Waals surface area contributed by atoms with Gasteiger partial charge in [-0.05, 0) is 54.5 Å². The van der Waals surface area contributed by atoms with Crippen molar-refractivity contribution in [2.24, 2.45) is 11.8 Å². The molecule has 0 spiro atoms. The zero-order valence-corrected chi connectivity index (χ0v) is 15.1. The van der Waals surface area contributed by atoms with E-state index in [1.165, 1.54) is 19.3 Å². The fourth-order valence-corrected chi connectivity index (χ4v) is 3.64. The molecule has 1 N–H and O–H groups in total. The molecule has 0 saturated heterocycles. The first kappa shape index (κ1) is 17.5. The highest BCUT2D eigenvalue weighted by atomic mass is 16.5. The summed E-state index contributed by atoms with van der Waals surface area (Å²) in [5.41, 5.74) is 1.82. The molecule has 132 valence electrons. The van der Waals surface area contributed by atoms with Gasteiger partial charge in [0.15, 0.2) is 0 Å². The third kappa shape index (κ3) is 4.62. The van der Waals surface area contributed by atoms with Gasteiger partial charge >= 0.3 is 0 Å². The van der Waals surface area contributed by atoms with E-state index in [1.807, 2.05) is 54.6 Å². The number of amides is 1. The van der Waals surface area contributed by atoms with Crippen molar-refractivity contribution < 1.29 is 9.53 Å². The molecule has 2 aromatic rings. The predicted octanol–water partition coefficient (Wildman–Crippen LogP) is 4.82. The molecule has 1 aliphatic rings. The van der Waals surface area contributed by atoms with Gasteiger partial charge in [0.05, 0.1) is 0 Å². The van der Waals surface area contributed by atoms with E-state index < -0.39 is 0 Å². The highest BCUT2D eigenvalue weighted by Gasteiger charge is 2.29. The highest BCUT2D eigenvalue weighted by molar-refractivity contribution is 5.94. The second-order valence-electron chi connectivity index (χ2n) is 7.18. The monoisotopic (exact) mass is 337 g/mol. The SMILES string of the molecule is C[C@@H]1CCC[C@H](C)C1NC(=O)c1ccc(OCc2ccccc2)cc1. The number of carbonyl (C=O) groups excluding carboxylic acids is 1. The molecule has 0 heterocycles. The first-order valence-electron chi connectivity index (χ1n) is 9.21. The Labute approximate surface area is 150 Å². The summed E-state index contributed by atoms with van der Waals surface area (Å²) in [6, 6.07) is 17.8. The van der Waals surface area contributed by atoms with Gasteiger partial charge < -0.3 is 10.1 Å². The lowest BCUT2D eigenvalue weighted by Gasteiger charge is -2.35. The molecule has 3 nitrogen and oxygen atoms in total. The Morgan fingerprint density at radius 3 is 2.28 bits per heavy atom. The van der Waals surface area contributed by atoms with Gasteiger partial charge in [-0.2, -0.15) is 0 Å². The molecule has 1 amide bonds. The normalized spacial score (nSPS) is 23.0. The van der Waals surface area contributed by atoms with Crippen molar-refractivity contribution in [2.75, 3.05) is 0 Å². The van der Waals surface area contributed by atoms with Gasteiger partial charge in [-0.3, -0.25) is 4.79 Å². The number of carbonyl (C=O) groups is 1. The molecule has 3 atom stereocenters. The molecular weight excluding hydrogens is 310 g/mol. The topological polar surface area (TPSA) is 38.3 Å². The molecule has 0 radical (unpaired) electrons. The smallest absolute Gasteiger partial charge is 0.251 e. The van der Waals surface area contributed by atoms with E-state index in [0.717, 1.165) is 11.3 Å². The van der Waals surface area contributed by atoms with E-state index in [9.17, 15) is 4.79 Å². The Kier molecular flexibility index (Phi) is 5.75. The number of rotatable bonds is 5. The van der Waals surface area contributed by atoms with Crippen LogP contribution in [0.2, 0.25) is 0 Å². The van der Waals surface area contributed by atoms with Crippen molar-refractivity contribution in [1.82, 2.24) is 5.32 Å². The van der Waals surface area contributed by atoms with Gasteiger partial charge in [-0.1, -0.05) is 50.6 Å². The average Bonchev–Trinajstić information content (AvgIpc) is 2.64. The van der Waals surface area contributed by atoms with Crippen LogP contribution in [0.1, 0.15) is 49.0 Å². The van der Waals surface area contributed by atoms with Crippen LogP contribution in [0, 0.1) is 11.8 Å². The summed E-state index contributed by atoms with van der Waals surface area (Å²) in [6.45, 7) is 5.01. The molecule has 0 bridgehead atoms. The molecule has 1 aliphatic carbocycles. The highest BCUT2D eigenvalue weighted by Crippen LogP contribution is 2.29. The number of ether oxygens (including phenoxy) is 1. The second-order valence-corrected chi connectivity index (χ2v) is 7.18. The van der Waals surface area contributed by atoms with E-state index >= 15 is 0 Å². The molecule has 1 unspecified atom stereocenters. The largest absolute Gasteiger partial charge is 0.489 e. The fourth-order valence-electron chi connectivity index (χ4n) is 3.64. The Hall–Kier alpha value is -2.29. The van der Waals surface area contributed by atoms with Crippen molar-refractivity contribution in [1.29, 1.82) is 0 Å². The van der Waals surface area contributed by atoms with Crippen LogP contribution in [0.3, 0.4) is 0 Å². The molecule has 1 saturated carbocycles. The van der Waals surface area contributed by atoms with Gasteiger partial charge in [0.25, 0.3) is 5.91 Å². The van der Waals surface area contributed by atoms with Gasteiger partial charge in [-0.25, -0.2) is 0 Å². The summed E-state index contributed by atoms with van der Waals surface area (Å²) in [4.78, 5) is 12.5. The van der Waals surface area contributed by atoms with Crippen LogP contribution in [-0.2, 0) is 6.61 Å². The number of hydrogen-bond acceptors (Lipinski definition) is 2. The van der Waals surface area contributed by atoms with E-state index in [2.05, 4.69) is 19.2 Å². The summed E-state index contributed by atoms with van der Waals surface area (Å²) < 4.78 is 5.78. The molecule has 1 fully saturated rings. The maximum absolute atomic E-state index is 12.5. The molecular formula is C22H27NO2. The van der Waals surface area contributed by atoms with Gasteiger partial charge in [-0.15, -0.1) is 0 Å². The Morgan fingerprint density at radius 1 is 1.00 bits per heavy atom. The Morgan fingerprint density at radius 2 is 1.64 bits per heavy atom. The third-order valence-corrected chi connectivity index (χ3v) is 5.21. The summed E-state index contributed by atoms with van der Waals surface area (Å²) in [6.07, 6.45) is 3.66. The lowest BCUT2D eigenvalue weighted by atomic mass is 9.78. The summed E-state index contributed by atoms with van der Waals surface area (Å²) in [5, 5.41) is 3.23. The molecule has 3 rings (SSSR count). The molecule has 0 aromatic heterocycles. The van der Waals surface area contributed by atoms with E-state index in [0.29, 0.717) is 24.0 Å². The molecule has 2 aromatic carbocycles. The Bertz CT molecular complexity index is 671. The van der Waals surface area contributed by atoms with Crippen molar-refractivity contribution in [2.45, 2.75) is 45.8 Å². The van der Waals surface area contributed by atoms with Crippen molar-refractivity contribution in [3.05, 3.63) is 65.7 Å². The minimum absolute atomic E-state index is 0.0141. The zero-order valence-electron chi connectivity index (χ0n) is 15.1. The summed E-state index contributed by atoms with van der Waals surface area (Å²) in [5.74, 6) is 1.88. The first-order chi connectivity index (χ1) is 12.1. The van der Waals surface area contributed by atoms with Crippen molar-refractivity contribution in [3.63, 3.8) is 0 Å². The minimum atomic E-state index is 0.0141. The van der Waals surface area contributed by atoms with Crippen molar-refractivity contribution >= 4 is 5.91 Å². The standard InChI is InChI=1S/C22H27NO2/c1-16-7-6-8-17(2)21(16)23-22(24)19-11-13-20(14-12-19)25-15-18-9-4-3-5-10-18/h3-5,9-14,16-17,21H,6-8,15H2,1-2H3,(H,23,24)/t16-,17+,21?. The van der Waals surface area contributed by atoms with E-state index in [4.69, 9.17) is 4.74 Å². The van der Waals surface area contributed by atoms with E-state index in [1.54, 1.807) is 0 Å². The van der Waals surface area contributed by atoms with Gasteiger partial charge in [0.1, 0.15) is 12.4 Å². The lowest BCUT2D eigenvalue weighted by Crippen LogP contribution is -2.45. The van der Waals surface area contributed by atoms with Crippen LogP contribution in [-0.4, -0.2) is 11.9 Å². The van der Waals surface area contributed by atoms with E-state index in [-0.39, 0.29) is 11.9 Å². The zero-order chi connectivity index (χ0) is 17.6.